The number of Topliss-reactive ketones (excluding diaryl/α,β-unsaturated/α-hetero) is 1. The molecule has 0 N–H and O–H groups in total. The minimum atomic E-state index is -0.327. The molecule has 0 amide bonds. The Morgan fingerprint density at radius 3 is 2.53 bits per heavy atom. The number of hydrogen-bond donors (Lipinski definition) is 0. The van der Waals surface area contributed by atoms with Gasteiger partial charge in [0.1, 0.15) is 5.75 Å². The van der Waals surface area contributed by atoms with Gasteiger partial charge in [0.2, 0.25) is 0 Å². The first-order valence-electron chi connectivity index (χ1n) is 5.42. The molecule has 4 heteroatoms. The maximum absolute atomic E-state index is 11.4. The summed E-state index contributed by atoms with van der Waals surface area (Å²) in [5, 5.41) is 0. The summed E-state index contributed by atoms with van der Waals surface area (Å²) in [5.74, 6) is 0.215. The van der Waals surface area contributed by atoms with Crippen molar-refractivity contribution in [1.82, 2.24) is 0 Å². The van der Waals surface area contributed by atoms with Crippen LogP contribution >= 0.6 is 0 Å². The van der Waals surface area contributed by atoms with Gasteiger partial charge in [-0.25, -0.2) is 0 Å². The van der Waals surface area contributed by atoms with Crippen molar-refractivity contribution >= 4 is 11.8 Å². The number of carbonyl (C=O) groups is 2. The van der Waals surface area contributed by atoms with Crippen LogP contribution in [0.15, 0.2) is 18.2 Å². The van der Waals surface area contributed by atoms with Crippen molar-refractivity contribution < 1.29 is 19.1 Å². The SMILES string of the molecule is CCOC(=O)Cc1cc(C(C)=O)ccc1OC. The van der Waals surface area contributed by atoms with Gasteiger partial charge in [0.25, 0.3) is 0 Å². The molecule has 0 radical (unpaired) electrons. The lowest BCUT2D eigenvalue weighted by molar-refractivity contribution is -0.142. The van der Waals surface area contributed by atoms with Crippen molar-refractivity contribution in [2.24, 2.45) is 0 Å². The highest BCUT2D eigenvalue weighted by Gasteiger charge is 2.11. The topological polar surface area (TPSA) is 52.6 Å². The zero-order chi connectivity index (χ0) is 12.8. The summed E-state index contributed by atoms with van der Waals surface area (Å²) in [6.07, 6.45) is 0.109. The van der Waals surface area contributed by atoms with Crippen LogP contribution in [0.2, 0.25) is 0 Å². The van der Waals surface area contributed by atoms with Crippen molar-refractivity contribution in [3.63, 3.8) is 0 Å². The van der Waals surface area contributed by atoms with E-state index in [0.29, 0.717) is 23.5 Å². The van der Waals surface area contributed by atoms with Crippen LogP contribution in [-0.2, 0) is 16.0 Å². The highest BCUT2D eigenvalue weighted by Crippen LogP contribution is 2.21. The molecule has 0 aromatic heterocycles. The Morgan fingerprint density at radius 1 is 1.29 bits per heavy atom. The Balaban J connectivity index is 2.97. The molecule has 1 rings (SSSR count). The summed E-state index contributed by atoms with van der Waals surface area (Å²) in [4.78, 5) is 22.7. The van der Waals surface area contributed by atoms with Gasteiger partial charge in [-0.05, 0) is 32.0 Å². The molecular formula is C13H16O4. The molecule has 17 heavy (non-hydrogen) atoms. The van der Waals surface area contributed by atoms with Crippen LogP contribution < -0.4 is 4.74 Å². The molecule has 0 fully saturated rings. The number of benzene rings is 1. The van der Waals surface area contributed by atoms with E-state index in [4.69, 9.17) is 9.47 Å². The van der Waals surface area contributed by atoms with Crippen LogP contribution in [0.5, 0.6) is 5.75 Å². The second kappa shape index (κ2) is 6.03. The molecule has 0 aliphatic carbocycles. The monoisotopic (exact) mass is 236 g/mol. The van der Waals surface area contributed by atoms with Crippen molar-refractivity contribution in [2.45, 2.75) is 20.3 Å². The number of ether oxygens (including phenoxy) is 2. The zero-order valence-electron chi connectivity index (χ0n) is 10.3. The van der Waals surface area contributed by atoms with Gasteiger partial charge >= 0.3 is 5.97 Å². The lowest BCUT2D eigenvalue weighted by Gasteiger charge is -2.09. The summed E-state index contributed by atoms with van der Waals surface area (Å²) in [5.41, 5.74) is 1.23. The summed E-state index contributed by atoms with van der Waals surface area (Å²) in [6.45, 7) is 3.57. The zero-order valence-corrected chi connectivity index (χ0v) is 10.3. The maximum atomic E-state index is 11.4. The smallest absolute Gasteiger partial charge is 0.310 e. The maximum Gasteiger partial charge on any atom is 0.310 e. The van der Waals surface area contributed by atoms with Gasteiger partial charge in [0, 0.05) is 11.1 Å². The highest BCUT2D eigenvalue weighted by molar-refractivity contribution is 5.94. The van der Waals surface area contributed by atoms with E-state index in [-0.39, 0.29) is 18.2 Å². The van der Waals surface area contributed by atoms with Crippen LogP contribution in [-0.4, -0.2) is 25.5 Å². The molecule has 0 aliphatic heterocycles. The number of carbonyl (C=O) groups excluding carboxylic acids is 2. The normalized spacial score (nSPS) is 9.82. The third-order valence-electron chi connectivity index (χ3n) is 2.33. The largest absolute Gasteiger partial charge is 0.496 e. The predicted octanol–water partition coefficient (Wildman–Crippen LogP) is 2.00. The molecule has 0 aliphatic rings. The number of ketones is 1. The molecule has 1 aromatic rings. The molecule has 0 saturated heterocycles. The fraction of sp³-hybridized carbons (Fsp3) is 0.385. The van der Waals surface area contributed by atoms with E-state index >= 15 is 0 Å². The van der Waals surface area contributed by atoms with E-state index in [9.17, 15) is 9.59 Å². The van der Waals surface area contributed by atoms with E-state index in [0.717, 1.165) is 0 Å². The third-order valence-corrected chi connectivity index (χ3v) is 2.33. The summed E-state index contributed by atoms with van der Waals surface area (Å²) in [6, 6.07) is 5.03. The summed E-state index contributed by atoms with van der Waals surface area (Å²) in [7, 11) is 1.53. The number of methoxy groups -OCH3 is 1. The van der Waals surface area contributed by atoms with Crippen molar-refractivity contribution in [3.8, 4) is 5.75 Å². The second-order valence-electron chi connectivity index (χ2n) is 3.56. The molecule has 4 nitrogen and oxygen atoms in total. The van der Waals surface area contributed by atoms with Crippen LogP contribution in [0.1, 0.15) is 29.8 Å². The first kappa shape index (κ1) is 13.2. The average Bonchev–Trinajstić information content (AvgIpc) is 2.29. The van der Waals surface area contributed by atoms with Gasteiger partial charge < -0.3 is 9.47 Å². The Labute approximate surface area is 101 Å². The fourth-order valence-corrected chi connectivity index (χ4v) is 1.50. The van der Waals surface area contributed by atoms with E-state index in [1.54, 1.807) is 25.1 Å². The lowest BCUT2D eigenvalue weighted by atomic mass is 10.0. The predicted molar refractivity (Wildman–Crippen MR) is 63.3 cm³/mol. The average molecular weight is 236 g/mol. The molecule has 92 valence electrons. The second-order valence-corrected chi connectivity index (χ2v) is 3.56. The molecule has 0 bridgehead atoms. The van der Waals surface area contributed by atoms with Gasteiger partial charge in [-0.2, -0.15) is 0 Å². The van der Waals surface area contributed by atoms with Gasteiger partial charge in [0.05, 0.1) is 20.1 Å². The molecule has 0 unspecified atom stereocenters. The first-order valence-corrected chi connectivity index (χ1v) is 5.42. The molecule has 0 saturated carbocycles. The van der Waals surface area contributed by atoms with Gasteiger partial charge in [-0.1, -0.05) is 0 Å². The Hall–Kier alpha value is -1.84. The Kier molecular flexibility index (Phi) is 4.69. The number of esters is 1. The van der Waals surface area contributed by atoms with Gasteiger partial charge in [-0.15, -0.1) is 0 Å². The van der Waals surface area contributed by atoms with Gasteiger partial charge in [0.15, 0.2) is 5.78 Å². The third kappa shape index (κ3) is 3.59. The molecule has 0 atom stereocenters. The van der Waals surface area contributed by atoms with Crippen LogP contribution in [0.4, 0.5) is 0 Å². The summed E-state index contributed by atoms with van der Waals surface area (Å²) < 4.78 is 10.0. The highest BCUT2D eigenvalue weighted by atomic mass is 16.5. The van der Waals surface area contributed by atoms with Gasteiger partial charge in [-0.3, -0.25) is 9.59 Å². The van der Waals surface area contributed by atoms with E-state index in [1.807, 2.05) is 0 Å². The van der Waals surface area contributed by atoms with Crippen LogP contribution in [0, 0.1) is 0 Å². The molecular weight excluding hydrogens is 220 g/mol. The van der Waals surface area contributed by atoms with E-state index in [1.165, 1.54) is 14.0 Å². The van der Waals surface area contributed by atoms with Crippen LogP contribution in [0.3, 0.4) is 0 Å². The molecule has 0 spiro atoms. The standard InChI is InChI=1S/C13H16O4/c1-4-17-13(15)8-11-7-10(9(2)14)5-6-12(11)16-3/h5-7H,4,8H2,1-3H3. The Bertz CT molecular complexity index is 423. The number of rotatable bonds is 5. The number of hydrogen-bond acceptors (Lipinski definition) is 4. The minimum Gasteiger partial charge on any atom is -0.496 e. The van der Waals surface area contributed by atoms with Crippen molar-refractivity contribution in [1.29, 1.82) is 0 Å². The van der Waals surface area contributed by atoms with E-state index < -0.39 is 0 Å². The molecule has 0 heterocycles. The summed E-state index contributed by atoms with van der Waals surface area (Å²) >= 11 is 0. The Morgan fingerprint density at radius 2 is 2.00 bits per heavy atom. The van der Waals surface area contributed by atoms with E-state index in [2.05, 4.69) is 0 Å². The first-order chi connectivity index (χ1) is 8.08. The lowest BCUT2D eigenvalue weighted by Crippen LogP contribution is -2.09. The molecule has 1 aromatic carbocycles. The van der Waals surface area contributed by atoms with Crippen LogP contribution in [0.25, 0.3) is 0 Å². The quantitative estimate of drug-likeness (QED) is 0.579. The van der Waals surface area contributed by atoms with Crippen molar-refractivity contribution in [2.75, 3.05) is 13.7 Å². The van der Waals surface area contributed by atoms with Crippen molar-refractivity contribution in [3.05, 3.63) is 29.3 Å². The fourth-order valence-electron chi connectivity index (χ4n) is 1.50. The minimum absolute atomic E-state index is 0.0437.